The molecule has 3 atom stereocenters. The standard InChI is InChI=1S/C11H23NO/c1-8(2)10-6-5-7-11(10)12(4)9(3)13/h8-11,13H,5-7H2,1-4H3. The van der Waals surface area contributed by atoms with E-state index in [1.54, 1.807) is 0 Å². The van der Waals surface area contributed by atoms with E-state index in [1.807, 2.05) is 14.0 Å². The summed E-state index contributed by atoms with van der Waals surface area (Å²) in [7, 11) is 2.04. The van der Waals surface area contributed by atoms with Crippen LogP contribution >= 0.6 is 0 Å². The number of nitrogens with zero attached hydrogens (tertiary/aromatic N) is 1. The molecule has 0 saturated heterocycles. The van der Waals surface area contributed by atoms with Gasteiger partial charge in [0.05, 0.1) is 0 Å². The Bertz CT molecular complexity index is 156. The molecule has 2 heteroatoms. The summed E-state index contributed by atoms with van der Waals surface area (Å²) in [6, 6.07) is 0.597. The molecule has 0 amide bonds. The van der Waals surface area contributed by atoms with Gasteiger partial charge in [-0.15, -0.1) is 0 Å². The molecule has 0 spiro atoms. The third-order valence-corrected chi connectivity index (χ3v) is 3.50. The van der Waals surface area contributed by atoms with Crippen LogP contribution < -0.4 is 0 Å². The Labute approximate surface area is 81.9 Å². The summed E-state index contributed by atoms with van der Waals surface area (Å²) in [5, 5.41) is 9.51. The molecule has 0 aromatic carbocycles. The van der Waals surface area contributed by atoms with Crippen molar-refractivity contribution in [3.8, 4) is 0 Å². The Kier molecular flexibility index (Phi) is 3.74. The van der Waals surface area contributed by atoms with E-state index >= 15 is 0 Å². The zero-order valence-corrected chi connectivity index (χ0v) is 9.33. The highest BCUT2D eigenvalue weighted by Gasteiger charge is 2.33. The van der Waals surface area contributed by atoms with E-state index in [-0.39, 0.29) is 6.23 Å². The van der Waals surface area contributed by atoms with Gasteiger partial charge >= 0.3 is 0 Å². The highest BCUT2D eigenvalue weighted by atomic mass is 16.3. The van der Waals surface area contributed by atoms with E-state index < -0.39 is 0 Å². The first-order valence-electron chi connectivity index (χ1n) is 5.44. The minimum absolute atomic E-state index is 0.302. The Morgan fingerprint density at radius 2 is 1.85 bits per heavy atom. The molecule has 1 saturated carbocycles. The van der Waals surface area contributed by atoms with Crippen LogP contribution in [0.5, 0.6) is 0 Å². The third-order valence-electron chi connectivity index (χ3n) is 3.50. The molecule has 1 aliphatic carbocycles. The molecule has 3 unspecified atom stereocenters. The molecular weight excluding hydrogens is 162 g/mol. The van der Waals surface area contributed by atoms with Crippen LogP contribution in [0.3, 0.4) is 0 Å². The number of aliphatic hydroxyl groups excluding tert-OH is 1. The van der Waals surface area contributed by atoms with Gasteiger partial charge in [0.15, 0.2) is 0 Å². The van der Waals surface area contributed by atoms with Crippen molar-refractivity contribution in [1.29, 1.82) is 0 Å². The first-order valence-corrected chi connectivity index (χ1v) is 5.44. The second-order valence-corrected chi connectivity index (χ2v) is 4.70. The SMILES string of the molecule is CC(C)C1CCCC1N(C)C(C)O. The van der Waals surface area contributed by atoms with Crippen molar-refractivity contribution in [2.75, 3.05) is 7.05 Å². The van der Waals surface area contributed by atoms with Crippen molar-refractivity contribution in [2.45, 2.75) is 52.3 Å². The maximum Gasteiger partial charge on any atom is 0.104 e. The molecule has 78 valence electrons. The normalized spacial score (nSPS) is 31.6. The molecule has 0 radical (unpaired) electrons. The molecule has 1 N–H and O–H groups in total. The number of hydrogen-bond donors (Lipinski definition) is 1. The Morgan fingerprint density at radius 3 is 2.31 bits per heavy atom. The number of aliphatic hydroxyl groups is 1. The van der Waals surface area contributed by atoms with Crippen LogP contribution in [0.4, 0.5) is 0 Å². The van der Waals surface area contributed by atoms with Gasteiger partial charge in [-0.1, -0.05) is 20.3 Å². The predicted molar refractivity (Wildman–Crippen MR) is 55.4 cm³/mol. The van der Waals surface area contributed by atoms with Crippen molar-refractivity contribution in [3.63, 3.8) is 0 Å². The van der Waals surface area contributed by atoms with Gasteiger partial charge in [0, 0.05) is 6.04 Å². The average Bonchev–Trinajstić information content (AvgIpc) is 2.50. The molecule has 0 aromatic rings. The summed E-state index contributed by atoms with van der Waals surface area (Å²) >= 11 is 0. The smallest absolute Gasteiger partial charge is 0.104 e. The van der Waals surface area contributed by atoms with Crippen LogP contribution in [0.25, 0.3) is 0 Å². The van der Waals surface area contributed by atoms with Crippen molar-refractivity contribution < 1.29 is 5.11 Å². The predicted octanol–water partition coefficient (Wildman–Crippen LogP) is 2.08. The summed E-state index contributed by atoms with van der Waals surface area (Å²) in [5.74, 6) is 1.52. The van der Waals surface area contributed by atoms with Gasteiger partial charge in [-0.2, -0.15) is 0 Å². The summed E-state index contributed by atoms with van der Waals surface area (Å²) in [6.45, 7) is 6.44. The maximum absolute atomic E-state index is 9.51. The summed E-state index contributed by atoms with van der Waals surface area (Å²) in [6.07, 6.45) is 3.61. The topological polar surface area (TPSA) is 23.5 Å². The largest absolute Gasteiger partial charge is 0.379 e. The second kappa shape index (κ2) is 4.43. The summed E-state index contributed by atoms with van der Waals surface area (Å²) in [4.78, 5) is 2.12. The molecular formula is C11H23NO. The fourth-order valence-corrected chi connectivity index (χ4v) is 2.53. The van der Waals surface area contributed by atoms with Gasteiger partial charge in [0.1, 0.15) is 6.23 Å². The van der Waals surface area contributed by atoms with Crippen LogP contribution in [-0.4, -0.2) is 29.3 Å². The van der Waals surface area contributed by atoms with Gasteiger partial charge in [-0.05, 0) is 38.6 Å². The Balaban J connectivity index is 2.57. The lowest BCUT2D eigenvalue weighted by molar-refractivity contribution is -0.00819. The maximum atomic E-state index is 9.51. The Morgan fingerprint density at radius 1 is 1.23 bits per heavy atom. The average molecular weight is 185 g/mol. The molecule has 1 fully saturated rings. The molecule has 1 rings (SSSR count). The van der Waals surface area contributed by atoms with E-state index in [1.165, 1.54) is 19.3 Å². The van der Waals surface area contributed by atoms with Crippen LogP contribution in [0.1, 0.15) is 40.0 Å². The van der Waals surface area contributed by atoms with Gasteiger partial charge < -0.3 is 5.11 Å². The zero-order chi connectivity index (χ0) is 10.0. The highest BCUT2D eigenvalue weighted by molar-refractivity contribution is 4.85. The van der Waals surface area contributed by atoms with E-state index in [0.717, 1.165) is 11.8 Å². The fraction of sp³-hybridized carbons (Fsp3) is 1.00. The molecule has 1 aliphatic rings. The minimum atomic E-state index is -0.302. The lowest BCUT2D eigenvalue weighted by atomic mass is 9.90. The summed E-state index contributed by atoms with van der Waals surface area (Å²) < 4.78 is 0. The van der Waals surface area contributed by atoms with Crippen LogP contribution in [0, 0.1) is 11.8 Å². The molecule has 0 bridgehead atoms. The van der Waals surface area contributed by atoms with Crippen molar-refractivity contribution in [3.05, 3.63) is 0 Å². The van der Waals surface area contributed by atoms with Crippen molar-refractivity contribution in [2.24, 2.45) is 11.8 Å². The van der Waals surface area contributed by atoms with E-state index in [2.05, 4.69) is 18.7 Å². The Hall–Kier alpha value is -0.0800. The van der Waals surface area contributed by atoms with Crippen LogP contribution in [0.15, 0.2) is 0 Å². The highest BCUT2D eigenvalue weighted by Crippen LogP contribution is 2.34. The van der Waals surface area contributed by atoms with Crippen molar-refractivity contribution in [1.82, 2.24) is 4.90 Å². The van der Waals surface area contributed by atoms with Crippen LogP contribution in [-0.2, 0) is 0 Å². The van der Waals surface area contributed by atoms with E-state index in [4.69, 9.17) is 0 Å². The van der Waals surface area contributed by atoms with Crippen LogP contribution in [0.2, 0.25) is 0 Å². The quantitative estimate of drug-likeness (QED) is 0.680. The molecule has 0 heterocycles. The van der Waals surface area contributed by atoms with Gasteiger partial charge in [-0.3, -0.25) is 4.90 Å². The third kappa shape index (κ3) is 2.44. The number of rotatable bonds is 3. The van der Waals surface area contributed by atoms with E-state index in [9.17, 15) is 5.11 Å². The monoisotopic (exact) mass is 185 g/mol. The van der Waals surface area contributed by atoms with Gasteiger partial charge in [-0.25, -0.2) is 0 Å². The lowest BCUT2D eigenvalue weighted by Gasteiger charge is -2.33. The minimum Gasteiger partial charge on any atom is -0.379 e. The zero-order valence-electron chi connectivity index (χ0n) is 9.33. The fourth-order valence-electron chi connectivity index (χ4n) is 2.53. The molecule has 2 nitrogen and oxygen atoms in total. The van der Waals surface area contributed by atoms with E-state index in [0.29, 0.717) is 6.04 Å². The first kappa shape index (κ1) is 11.0. The first-order chi connectivity index (χ1) is 6.04. The molecule has 13 heavy (non-hydrogen) atoms. The second-order valence-electron chi connectivity index (χ2n) is 4.70. The molecule has 0 aromatic heterocycles. The lowest BCUT2D eigenvalue weighted by Crippen LogP contribution is -2.41. The summed E-state index contributed by atoms with van der Waals surface area (Å²) in [5.41, 5.74) is 0. The molecule has 0 aliphatic heterocycles. The van der Waals surface area contributed by atoms with Gasteiger partial charge in [0.2, 0.25) is 0 Å². The van der Waals surface area contributed by atoms with Gasteiger partial charge in [0.25, 0.3) is 0 Å². The van der Waals surface area contributed by atoms with Crippen molar-refractivity contribution >= 4 is 0 Å². The number of hydrogen-bond acceptors (Lipinski definition) is 2.